The lowest BCUT2D eigenvalue weighted by Crippen LogP contribution is -2.46. The summed E-state index contributed by atoms with van der Waals surface area (Å²) in [5, 5.41) is 9.49. The molecule has 6 nitrogen and oxygen atoms in total. The van der Waals surface area contributed by atoms with Crippen LogP contribution in [0.3, 0.4) is 0 Å². The summed E-state index contributed by atoms with van der Waals surface area (Å²) in [5.74, 6) is -0.779. The molecule has 3 rings (SSSR count). The highest BCUT2D eigenvalue weighted by molar-refractivity contribution is 9.10. The highest BCUT2D eigenvalue weighted by atomic mass is 79.9. The Labute approximate surface area is 148 Å². The zero-order valence-corrected chi connectivity index (χ0v) is 14.9. The van der Waals surface area contributed by atoms with Crippen LogP contribution in [0.1, 0.15) is 38.5 Å². The number of amides is 1. The average molecular weight is 397 g/mol. The molecule has 1 saturated heterocycles. The summed E-state index contributed by atoms with van der Waals surface area (Å²) in [4.78, 5) is 37.7. The normalized spacial score (nSPS) is 26.2. The second-order valence-electron chi connectivity index (χ2n) is 6.63. The number of carbonyl (C=O) groups excluding carboxylic acids is 1. The summed E-state index contributed by atoms with van der Waals surface area (Å²) in [6, 6.07) is 2.44. The van der Waals surface area contributed by atoms with Gasteiger partial charge in [0.25, 0.3) is 5.56 Å². The van der Waals surface area contributed by atoms with Crippen LogP contribution in [-0.2, 0) is 16.1 Å². The van der Waals surface area contributed by atoms with Crippen molar-refractivity contribution in [2.45, 2.75) is 57.2 Å². The molecule has 24 heavy (non-hydrogen) atoms. The number of hydrogen-bond acceptors (Lipinski definition) is 3. The van der Waals surface area contributed by atoms with Crippen molar-refractivity contribution in [1.29, 1.82) is 0 Å². The molecule has 2 heterocycles. The van der Waals surface area contributed by atoms with Gasteiger partial charge in [0, 0.05) is 35.7 Å². The summed E-state index contributed by atoms with van der Waals surface area (Å²) in [7, 11) is 0. The van der Waals surface area contributed by atoms with Gasteiger partial charge in [0.15, 0.2) is 0 Å². The number of carboxylic acids is 1. The molecule has 1 aromatic rings. The molecule has 1 aliphatic heterocycles. The Morgan fingerprint density at radius 1 is 1.25 bits per heavy atom. The smallest absolute Gasteiger partial charge is 0.326 e. The molecule has 1 N–H and O–H groups in total. The number of hydrogen-bond donors (Lipinski definition) is 1. The van der Waals surface area contributed by atoms with Gasteiger partial charge in [-0.05, 0) is 47.2 Å². The van der Waals surface area contributed by atoms with Gasteiger partial charge in [-0.2, -0.15) is 0 Å². The summed E-state index contributed by atoms with van der Waals surface area (Å²) < 4.78 is 2.25. The maximum absolute atomic E-state index is 12.7. The third-order valence-corrected chi connectivity index (χ3v) is 5.64. The third kappa shape index (κ3) is 3.41. The largest absolute Gasteiger partial charge is 0.480 e. The molecule has 0 spiro atoms. The molecule has 0 aromatic carbocycles. The van der Waals surface area contributed by atoms with E-state index in [0.717, 1.165) is 30.2 Å². The maximum atomic E-state index is 12.7. The lowest BCUT2D eigenvalue weighted by atomic mass is 9.84. The topological polar surface area (TPSA) is 79.6 Å². The fraction of sp³-hybridized carbons (Fsp3) is 0.588. The van der Waals surface area contributed by atoms with E-state index in [1.807, 2.05) is 0 Å². The van der Waals surface area contributed by atoms with Gasteiger partial charge in [-0.25, -0.2) is 4.79 Å². The van der Waals surface area contributed by atoms with Crippen molar-refractivity contribution in [3.05, 3.63) is 33.2 Å². The van der Waals surface area contributed by atoms with E-state index >= 15 is 0 Å². The number of aromatic nitrogens is 1. The number of likely N-dealkylation sites (tertiary alicyclic amines) is 1. The van der Waals surface area contributed by atoms with Crippen LogP contribution >= 0.6 is 15.9 Å². The number of carbonyl (C=O) groups is 2. The highest BCUT2D eigenvalue weighted by Crippen LogP contribution is 2.40. The summed E-state index contributed by atoms with van der Waals surface area (Å²) >= 11 is 3.31. The van der Waals surface area contributed by atoms with Gasteiger partial charge in [0.05, 0.1) is 0 Å². The Hall–Kier alpha value is -1.63. The quantitative estimate of drug-likeness (QED) is 0.845. The first kappa shape index (κ1) is 17.2. The van der Waals surface area contributed by atoms with Crippen LogP contribution in [0.2, 0.25) is 0 Å². The lowest BCUT2D eigenvalue weighted by molar-refractivity contribution is -0.150. The zero-order valence-electron chi connectivity index (χ0n) is 13.4. The molecule has 3 unspecified atom stereocenters. The predicted octanol–water partition coefficient (Wildman–Crippen LogP) is 2.25. The van der Waals surface area contributed by atoms with Gasteiger partial charge in [-0.1, -0.05) is 12.8 Å². The molecule has 1 aromatic heterocycles. The average Bonchev–Trinajstić information content (AvgIpc) is 2.95. The second kappa shape index (κ2) is 7.09. The van der Waals surface area contributed by atoms with E-state index < -0.39 is 12.0 Å². The number of rotatable bonds is 4. The summed E-state index contributed by atoms with van der Waals surface area (Å²) in [5.41, 5.74) is -0.169. The molecule has 130 valence electrons. The fourth-order valence-electron chi connectivity index (χ4n) is 4.06. The van der Waals surface area contributed by atoms with Gasteiger partial charge < -0.3 is 14.6 Å². The van der Waals surface area contributed by atoms with Crippen LogP contribution in [0, 0.1) is 5.92 Å². The number of aliphatic carboxylic acids is 1. The standard InChI is InChI=1S/C17H21BrN2O4/c18-12-5-6-15(21)19(10-12)8-7-16(22)20-13-4-2-1-3-11(13)9-14(20)17(23)24/h5-6,10-11,13-14H,1-4,7-9H2,(H,23,24). The Morgan fingerprint density at radius 3 is 2.75 bits per heavy atom. The monoisotopic (exact) mass is 396 g/mol. The number of nitrogens with zero attached hydrogens (tertiary/aromatic N) is 2. The number of fused-ring (bicyclic) bond motifs is 1. The van der Waals surface area contributed by atoms with E-state index in [9.17, 15) is 19.5 Å². The molecule has 1 amide bonds. The third-order valence-electron chi connectivity index (χ3n) is 5.18. The van der Waals surface area contributed by atoms with Crippen molar-refractivity contribution in [2.75, 3.05) is 0 Å². The van der Waals surface area contributed by atoms with Crippen molar-refractivity contribution in [2.24, 2.45) is 5.92 Å². The van der Waals surface area contributed by atoms with Gasteiger partial charge >= 0.3 is 5.97 Å². The fourth-order valence-corrected chi connectivity index (χ4v) is 4.44. The molecule has 1 aliphatic carbocycles. The van der Waals surface area contributed by atoms with Crippen LogP contribution in [0.25, 0.3) is 0 Å². The number of pyridine rings is 1. The molecule has 7 heteroatoms. The maximum Gasteiger partial charge on any atom is 0.326 e. The van der Waals surface area contributed by atoms with Crippen molar-refractivity contribution in [1.82, 2.24) is 9.47 Å². The minimum Gasteiger partial charge on any atom is -0.480 e. The van der Waals surface area contributed by atoms with E-state index in [1.54, 1.807) is 17.2 Å². The van der Waals surface area contributed by atoms with Gasteiger partial charge in [-0.15, -0.1) is 0 Å². The first-order chi connectivity index (χ1) is 11.5. The lowest BCUT2D eigenvalue weighted by Gasteiger charge is -2.33. The van der Waals surface area contributed by atoms with Crippen LogP contribution in [-0.4, -0.2) is 38.5 Å². The number of aryl methyl sites for hydroxylation is 1. The van der Waals surface area contributed by atoms with E-state index in [0.29, 0.717) is 12.3 Å². The first-order valence-electron chi connectivity index (χ1n) is 8.37. The van der Waals surface area contributed by atoms with E-state index in [2.05, 4.69) is 15.9 Å². The van der Waals surface area contributed by atoms with E-state index in [4.69, 9.17) is 0 Å². The van der Waals surface area contributed by atoms with Crippen LogP contribution in [0.5, 0.6) is 0 Å². The minimum absolute atomic E-state index is 0.0478. The second-order valence-corrected chi connectivity index (χ2v) is 7.55. The van der Waals surface area contributed by atoms with E-state index in [-0.39, 0.29) is 30.5 Å². The van der Waals surface area contributed by atoms with Crippen molar-refractivity contribution >= 4 is 27.8 Å². The van der Waals surface area contributed by atoms with Crippen molar-refractivity contribution in [3.63, 3.8) is 0 Å². The molecule has 0 bridgehead atoms. The molecular formula is C17H21BrN2O4. The first-order valence-corrected chi connectivity index (χ1v) is 9.16. The van der Waals surface area contributed by atoms with Crippen molar-refractivity contribution < 1.29 is 14.7 Å². The number of halogens is 1. The Kier molecular flexibility index (Phi) is 5.08. The molecule has 2 aliphatic rings. The highest BCUT2D eigenvalue weighted by Gasteiger charge is 2.47. The van der Waals surface area contributed by atoms with Crippen LogP contribution in [0.15, 0.2) is 27.6 Å². The molecular weight excluding hydrogens is 376 g/mol. The number of carboxylic acid groups (broad SMARTS) is 1. The minimum atomic E-state index is -0.919. The summed E-state index contributed by atoms with van der Waals surface area (Å²) in [6.07, 6.45) is 6.40. The van der Waals surface area contributed by atoms with Gasteiger partial charge in [-0.3, -0.25) is 9.59 Å². The molecule has 0 radical (unpaired) electrons. The molecule has 1 saturated carbocycles. The SMILES string of the molecule is O=C(O)C1CC2CCCCC2N1C(=O)CCn1cc(Br)ccc1=O. The van der Waals surface area contributed by atoms with Crippen molar-refractivity contribution in [3.8, 4) is 0 Å². The van der Waals surface area contributed by atoms with E-state index in [1.165, 1.54) is 10.6 Å². The van der Waals surface area contributed by atoms with Gasteiger partial charge in [0.2, 0.25) is 5.91 Å². The van der Waals surface area contributed by atoms with Crippen LogP contribution in [0.4, 0.5) is 0 Å². The molecule has 2 fully saturated rings. The van der Waals surface area contributed by atoms with Crippen LogP contribution < -0.4 is 5.56 Å². The Bertz CT molecular complexity index is 702. The van der Waals surface area contributed by atoms with Gasteiger partial charge in [0.1, 0.15) is 6.04 Å². The zero-order chi connectivity index (χ0) is 17.3. The Morgan fingerprint density at radius 2 is 2.00 bits per heavy atom. The molecule has 3 atom stereocenters. The predicted molar refractivity (Wildman–Crippen MR) is 91.7 cm³/mol. The Balaban J connectivity index is 1.73. The summed E-state index contributed by atoms with van der Waals surface area (Å²) in [6.45, 7) is 0.261.